The molecule has 0 radical (unpaired) electrons. The van der Waals surface area contributed by atoms with Gasteiger partial charge in [-0.3, -0.25) is 14.2 Å². The Morgan fingerprint density at radius 3 is 2.57 bits per heavy atom. The van der Waals surface area contributed by atoms with E-state index in [1.807, 2.05) is 0 Å². The number of carbonyl (C=O) groups excluding carboxylic acids is 1. The van der Waals surface area contributed by atoms with Crippen LogP contribution < -0.4 is 20.3 Å². The summed E-state index contributed by atoms with van der Waals surface area (Å²) in [6, 6.07) is 13.5. The lowest BCUT2D eigenvalue weighted by Crippen LogP contribution is -2.27. The lowest BCUT2D eigenvalue weighted by atomic mass is 10.1. The second-order valence-corrected chi connectivity index (χ2v) is 6.59. The Labute approximate surface area is 165 Å². The van der Waals surface area contributed by atoms with Gasteiger partial charge < -0.3 is 14.8 Å². The van der Waals surface area contributed by atoms with Crippen LogP contribution in [0.4, 0.5) is 5.69 Å². The third-order valence-electron chi connectivity index (χ3n) is 4.16. The Hall–Kier alpha value is -3.32. The fraction of sp³-hybridized carbons (Fsp3) is 0.150. The number of carbonyl (C=O) groups is 1. The predicted octanol–water partition coefficient (Wildman–Crippen LogP) is 2.97. The normalized spacial score (nSPS) is 12.5. The minimum Gasteiger partial charge on any atom is -0.486 e. The molecular formula is C20H16ClN3O4. The molecule has 0 bridgehead atoms. The first-order valence-corrected chi connectivity index (χ1v) is 8.98. The zero-order valence-electron chi connectivity index (χ0n) is 14.7. The standard InChI is InChI=1S/C20H16ClN3O4/c21-14-3-1-13(2-4-14)16-10-20(26)24(12-22-16)11-19(25)23-15-5-6-17-18(9-15)28-8-7-27-17/h1-6,9-10,12H,7-8,11H2,(H,23,25). The maximum Gasteiger partial charge on any atom is 0.254 e. The molecule has 0 unspecified atom stereocenters. The maximum absolute atomic E-state index is 12.3. The van der Waals surface area contributed by atoms with Gasteiger partial charge in [-0.15, -0.1) is 0 Å². The quantitative estimate of drug-likeness (QED) is 0.731. The van der Waals surface area contributed by atoms with Gasteiger partial charge in [0.15, 0.2) is 11.5 Å². The Bertz CT molecular complexity index is 1080. The highest BCUT2D eigenvalue weighted by Crippen LogP contribution is 2.32. The molecule has 2 heterocycles. The lowest BCUT2D eigenvalue weighted by Gasteiger charge is -2.19. The van der Waals surface area contributed by atoms with Crippen molar-refractivity contribution in [3.8, 4) is 22.8 Å². The number of halogens is 1. The summed E-state index contributed by atoms with van der Waals surface area (Å²) in [4.78, 5) is 28.9. The highest BCUT2D eigenvalue weighted by atomic mass is 35.5. The second kappa shape index (κ2) is 7.74. The molecule has 3 aromatic rings. The van der Waals surface area contributed by atoms with Crippen LogP contribution in [0.25, 0.3) is 11.3 Å². The molecule has 4 rings (SSSR count). The Kier molecular flexibility index (Phi) is 4.99. The van der Waals surface area contributed by atoms with Crippen molar-refractivity contribution in [1.29, 1.82) is 0 Å². The van der Waals surface area contributed by atoms with Gasteiger partial charge in [-0.05, 0) is 24.3 Å². The number of nitrogens with one attached hydrogen (secondary N) is 1. The van der Waals surface area contributed by atoms with E-state index in [9.17, 15) is 9.59 Å². The summed E-state index contributed by atoms with van der Waals surface area (Å²) in [5.74, 6) is 0.873. The van der Waals surface area contributed by atoms with Crippen molar-refractivity contribution < 1.29 is 14.3 Å². The molecular weight excluding hydrogens is 382 g/mol. The van der Waals surface area contributed by atoms with Gasteiger partial charge in [-0.25, -0.2) is 4.98 Å². The molecule has 1 aromatic heterocycles. The molecule has 1 amide bonds. The number of nitrogens with zero attached hydrogens (tertiary/aromatic N) is 2. The van der Waals surface area contributed by atoms with Crippen LogP contribution in [0, 0.1) is 0 Å². The second-order valence-electron chi connectivity index (χ2n) is 6.15. The van der Waals surface area contributed by atoms with Crippen molar-refractivity contribution in [3.05, 3.63) is 70.2 Å². The fourth-order valence-corrected chi connectivity index (χ4v) is 2.93. The first-order chi connectivity index (χ1) is 13.6. The summed E-state index contributed by atoms with van der Waals surface area (Å²) in [6.45, 7) is 0.813. The maximum atomic E-state index is 12.3. The molecule has 0 fully saturated rings. The zero-order chi connectivity index (χ0) is 19.5. The van der Waals surface area contributed by atoms with Crippen molar-refractivity contribution in [2.45, 2.75) is 6.54 Å². The van der Waals surface area contributed by atoms with Crippen LogP contribution >= 0.6 is 11.6 Å². The van der Waals surface area contributed by atoms with Crippen LogP contribution in [0.3, 0.4) is 0 Å². The lowest BCUT2D eigenvalue weighted by molar-refractivity contribution is -0.116. The van der Waals surface area contributed by atoms with E-state index in [1.165, 1.54) is 17.0 Å². The van der Waals surface area contributed by atoms with Crippen LogP contribution in [0.5, 0.6) is 11.5 Å². The smallest absolute Gasteiger partial charge is 0.254 e. The monoisotopic (exact) mass is 397 g/mol. The summed E-state index contributed by atoms with van der Waals surface area (Å²) in [5.41, 5.74) is 1.53. The third kappa shape index (κ3) is 3.99. The van der Waals surface area contributed by atoms with E-state index >= 15 is 0 Å². The van der Waals surface area contributed by atoms with Crippen molar-refractivity contribution in [3.63, 3.8) is 0 Å². The van der Waals surface area contributed by atoms with Gasteiger partial charge in [0, 0.05) is 28.4 Å². The highest BCUT2D eigenvalue weighted by molar-refractivity contribution is 6.30. The molecule has 0 spiro atoms. The number of hydrogen-bond acceptors (Lipinski definition) is 5. The van der Waals surface area contributed by atoms with Gasteiger partial charge in [-0.2, -0.15) is 0 Å². The number of benzene rings is 2. The first-order valence-electron chi connectivity index (χ1n) is 8.60. The number of fused-ring (bicyclic) bond motifs is 1. The molecule has 1 aliphatic heterocycles. The average molecular weight is 398 g/mol. The number of hydrogen-bond donors (Lipinski definition) is 1. The van der Waals surface area contributed by atoms with Crippen LogP contribution in [-0.2, 0) is 11.3 Å². The van der Waals surface area contributed by atoms with Gasteiger partial charge in [0.1, 0.15) is 19.8 Å². The van der Waals surface area contributed by atoms with E-state index in [4.69, 9.17) is 21.1 Å². The Morgan fingerprint density at radius 1 is 1.07 bits per heavy atom. The molecule has 28 heavy (non-hydrogen) atoms. The summed E-state index contributed by atoms with van der Waals surface area (Å²) >= 11 is 5.87. The van der Waals surface area contributed by atoms with Crippen molar-refractivity contribution in [1.82, 2.24) is 9.55 Å². The summed E-state index contributed by atoms with van der Waals surface area (Å²) in [7, 11) is 0. The average Bonchev–Trinajstić information content (AvgIpc) is 2.70. The fourth-order valence-electron chi connectivity index (χ4n) is 2.80. The van der Waals surface area contributed by atoms with Crippen molar-refractivity contribution in [2.75, 3.05) is 18.5 Å². The van der Waals surface area contributed by atoms with Crippen LogP contribution in [0.15, 0.2) is 59.7 Å². The molecule has 0 atom stereocenters. The summed E-state index contributed by atoms with van der Waals surface area (Å²) < 4.78 is 12.2. The molecule has 1 N–H and O–H groups in total. The molecule has 0 saturated carbocycles. The minimum absolute atomic E-state index is 0.152. The Balaban J connectivity index is 1.46. The van der Waals surface area contributed by atoms with E-state index in [1.54, 1.807) is 42.5 Å². The van der Waals surface area contributed by atoms with Gasteiger partial charge >= 0.3 is 0 Å². The largest absolute Gasteiger partial charge is 0.486 e. The summed E-state index contributed by atoms with van der Waals surface area (Å²) in [5, 5.41) is 3.35. The predicted molar refractivity (Wildman–Crippen MR) is 105 cm³/mol. The number of aromatic nitrogens is 2. The zero-order valence-corrected chi connectivity index (χ0v) is 15.5. The Morgan fingerprint density at radius 2 is 1.82 bits per heavy atom. The summed E-state index contributed by atoms with van der Waals surface area (Å²) in [6.07, 6.45) is 1.36. The number of anilines is 1. The van der Waals surface area contributed by atoms with Gasteiger partial charge in [0.25, 0.3) is 5.56 Å². The van der Waals surface area contributed by atoms with Crippen molar-refractivity contribution in [2.24, 2.45) is 0 Å². The molecule has 1 aliphatic rings. The molecule has 0 saturated heterocycles. The van der Waals surface area contributed by atoms with E-state index in [0.29, 0.717) is 41.1 Å². The molecule has 0 aliphatic carbocycles. The van der Waals surface area contributed by atoms with Crippen molar-refractivity contribution >= 4 is 23.2 Å². The minimum atomic E-state index is -0.347. The van der Waals surface area contributed by atoms with E-state index in [-0.39, 0.29) is 18.0 Å². The topological polar surface area (TPSA) is 82.5 Å². The number of amides is 1. The molecule has 7 nitrogen and oxygen atoms in total. The van der Waals surface area contributed by atoms with Crippen LogP contribution in [0.2, 0.25) is 5.02 Å². The highest BCUT2D eigenvalue weighted by Gasteiger charge is 2.13. The van der Waals surface area contributed by atoms with Crippen LogP contribution in [-0.4, -0.2) is 28.7 Å². The molecule has 2 aromatic carbocycles. The number of rotatable bonds is 4. The molecule has 142 valence electrons. The molecule has 8 heteroatoms. The van der Waals surface area contributed by atoms with E-state index in [2.05, 4.69) is 10.3 Å². The first kappa shape index (κ1) is 18.1. The van der Waals surface area contributed by atoms with E-state index in [0.717, 1.165) is 5.56 Å². The van der Waals surface area contributed by atoms with Crippen LogP contribution in [0.1, 0.15) is 0 Å². The SMILES string of the molecule is O=C(Cn1cnc(-c2ccc(Cl)cc2)cc1=O)Nc1ccc2c(c1)OCCO2. The van der Waals surface area contributed by atoms with Gasteiger partial charge in [-0.1, -0.05) is 23.7 Å². The van der Waals surface area contributed by atoms with Gasteiger partial charge in [0.05, 0.1) is 12.0 Å². The van der Waals surface area contributed by atoms with Gasteiger partial charge in [0.2, 0.25) is 5.91 Å². The third-order valence-corrected chi connectivity index (χ3v) is 4.41. The van der Waals surface area contributed by atoms with E-state index < -0.39 is 0 Å². The number of ether oxygens (including phenoxy) is 2.